The lowest BCUT2D eigenvalue weighted by Gasteiger charge is -2.27. The summed E-state index contributed by atoms with van der Waals surface area (Å²) >= 11 is 0. The van der Waals surface area contributed by atoms with Gasteiger partial charge >= 0.3 is 0 Å². The molecule has 1 saturated heterocycles. The molecule has 0 aliphatic carbocycles. The zero-order valence-electron chi connectivity index (χ0n) is 10.4. The molecule has 0 bridgehead atoms. The Bertz CT molecular complexity index is 331. The maximum atomic E-state index is 5.91. The van der Waals surface area contributed by atoms with E-state index in [1.54, 1.807) is 7.11 Å². The number of hydrogen-bond donors (Lipinski definition) is 1. The van der Waals surface area contributed by atoms with Gasteiger partial charge in [0, 0.05) is 38.6 Å². The zero-order valence-corrected chi connectivity index (χ0v) is 10.4. The van der Waals surface area contributed by atoms with E-state index in [4.69, 9.17) is 10.5 Å². The monoisotopic (exact) mass is 235 g/mol. The van der Waals surface area contributed by atoms with Gasteiger partial charge in [-0.05, 0) is 36.6 Å². The van der Waals surface area contributed by atoms with Gasteiger partial charge in [-0.2, -0.15) is 0 Å². The highest BCUT2D eigenvalue weighted by Gasteiger charge is 2.28. The number of aromatic nitrogens is 1. The molecular weight excluding hydrogens is 214 g/mol. The Morgan fingerprint density at radius 3 is 2.94 bits per heavy atom. The number of hydrogen-bond acceptors (Lipinski definition) is 4. The van der Waals surface area contributed by atoms with Crippen LogP contribution in [0.4, 0.5) is 0 Å². The Morgan fingerprint density at radius 1 is 1.53 bits per heavy atom. The molecule has 0 amide bonds. The maximum absolute atomic E-state index is 5.91. The van der Waals surface area contributed by atoms with E-state index in [-0.39, 0.29) is 0 Å². The van der Waals surface area contributed by atoms with E-state index in [1.165, 1.54) is 12.0 Å². The molecule has 2 unspecified atom stereocenters. The van der Waals surface area contributed by atoms with E-state index in [1.807, 2.05) is 12.4 Å². The Balaban J connectivity index is 2.01. The summed E-state index contributed by atoms with van der Waals surface area (Å²) in [7, 11) is 1.77. The second-order valence-corrected chi connectivity index (χ2v) is 4.64. The smallest absolute Gasteiger partial charge is 0.0503 e. The predicted molar refractivity (Wildman–Crippen MR) is 67.6 cm³/mol. The molecule has 0 spiro atoms. The van der Waals surface area contributed by atoms with Crippen LogP contribution in [-0.4, -0.2) is 43.2 Å². The maximum Gasteiger partial charge on any atom is 0.0503 e. The molecule has 0 radical (unpaired) electrons. The molecule has 2 heterocycles. The van der Waals surface area contributed by atoms with Gasteiger partial charge in [0.15, 0.2) is 0 Å². The zero-order chi connectivity index (χ0) is 12.1. The van der Waals surface area contributed by atoms with Crippen molar-refractivity contribution < 1.29 is 4.74 Å². The summed E-state index contributed by atoms with van der Waals surface area (Å²) < 4.78 is 5.23. The Morgan fingerprint density at radius 2 is 2.29 bits per heavy atom. The van der Waals surface area contributed by atoms with Crippen molar-refractivity contribution in [1.29, 1.82) is 0 Å². The summed E-state index contributed by atoms with van der Waals surface area (Å²) in [6.45, 7) is 3.70. The normalized spacial score (nSPS) is 22.8. The molecular formula is C13H21N3O. The van der Waals surface area contributed by atoms with Crippen molar-refractivity contribution in [2.75, 3.05) is 33.4 Å². The lowest BCUT2D eigenvalue weighted by Crippen LogP contribution is -2.32. The van der Waals surface area contributed by atoms with Crippen LogP contribution in [0.3, 0.4) is 0 Å². The molecule has 4 heteroatoms. The van der Waals surface area contributed by atoms with Crippen molar-refractivity contribution in [2.24, 2.45) is 11.7 Å². The molecule has 2 N–H and O–H groups in total. The highest BCUT2D eigenvalue weighted by Crippen LogP contribution is 2.26. The average Bonchev–Trinajstić information content (AvgIpc) is 2.81. The highest BCUT2D eigenvalue weighted by atomic mass is 16.5. The van der Waals surface area contributed by atoms with E-state index in [0.29, 0.717) is 18.5 Å². The first kappa shape index (κ1) is 12.5. The number of nitrogens with two attached hydrogens (primary N) is 1. The Labute approximate surface area is 103 Å². The molecule has 1 aromatic rings. The highest BCUT2D eigenvalue weighted by molar-refractivity contribution is 5.16. The fraction of sp³-hybridized carbons (Fsp3) is 0.615. The summed E-state index contributed by atoms with van der Waals surface area (Å²) in [6.07, 6.45) is 4.87. The van der Waals surface area contributed by atoms with Crippen LogP contribution in [0.25, 0.3) is 0 Å². The third-order valence-corrected chi connectivity index (χ3v) is 3.47. The molecule has 17 heavy (non-hydrogen) atoms. The molecule has 4 nitrogen and oxygen atoms in total. The van der Waals surface area contributed by atoms with E-state index >= 15 is 0 Å². The minimum atomic E-state index is 0.319. The van der Waals surface area contributed by atoms with Crippen molar-refractivity contribution in [2.45, 2.75) is 12.5 Å². The largest absolute Gasteiger partial charge is 0.384 e. The number of nitrogens with zero attached hydrogens (tertiary/aromatic N) is 2. The molecule has 1 aromatic heterocycles. The van der Waals surface area contributed by atoms with Crippen LogP contribution in [-0.2, 0) is 4.74 Å². The van der Waals surface area contributed by atoms with Crippen molar-refractivity contribution in [3.63, 3.8) is 0 Å². The van der Waals surface area contributed by atoms with Crippen molar-refractivity contribution in [1.82, 2.24) is 9.88 Å². The minimum Gasteiger partial charge on any atom is -0.384 e. The third kappa shape index (κ3) is 3.03. The fourth-order valence-electron chi connectivity index (χ4n) is 2.60. The van der Waals surface area contributed by atoms with Crippen LogP contribution in [0.2, 0.25) is 0 Å². The van der Waals surface area contributed by atoms with E-state index in [9.17, 15) is 0 Å². The molecule has 0 aromatic carbocycles. The molecule has 1 fully saturated rings. The number of ether oxygens (including phenoxy) is 1. The number of rotatable bonds is 5. The van der Waals surface area contributed by atoms with Gasteiger partial charge in [0.1, 0.15) is 0 Å². The van der Waals surface area contributed by atoms with Gasteiger partial charge in [-0.1, -0.05) is 0 Å². The number of methoxy groups -OCH3 is 1. The summed E-state index contributed by atoms with van der Waals surface area (Å²) in [5.74, 6) is 0.649. The summed E-state index contributed by atoms with van der Waals surface area (Å²) in [4.78, 5) is 6.51. The van der Waals surface area contributed by atoms with E-state index in [2.05, 4.69) is 22.0 Å². The van der Waals surface area contributed by atoms with Crippen LogP contribution < -0.4 is 5.73 Å². The van der Waals surface area contributed by atoms with Crippen molar-refractivity contribution >= 4 is 0 Å². The van der Waals surface area contributed by atoms with Crippen LogP contribution in [0.1, 0.15) is 18.0 Å². The summed E-state index contributed by atoms with van der Waals surface area (Å²) in [6, 6.07) is 4.43. The van der Waals surface area contributed by atoms with Crippen molar-refractivity contribution in [3.8, 4) is 0 Å². The molecule has 2 rings (SSSR count). The van der Waals surface area contributed by atoms with Gasteiger partial charge in [0.05, 0.1) is 6.61 Å². The topological polar surface area (TPSA) is 51.4 Å². The SMILES string of the molecule is COCC1CCN(C(CN)c2ccncc2)C1. The van der Waals surface area contributed by atoms with E-state index < -0.39 is 0 Å². The lowest BCUT2D eigenvalue weighted by atomic mass is 10.1. The first-order valence-electron chi connectivity index (χ1n) is 6.18. The molecule has 1 aliphatic heterocycles. The standard InChI is InChI=1S/C13H21N3O/c1-17-10-11-4-7-16(9-11)13(8-14)12-2-5-15-6-3-12/h2-3,5-6,11,13H,4,7-10,14H2,1H3. The second kappa shape index (κ2) is 6.10. The summed E-state index contributed by atoms with van der Waals surface area (Å²) in [5.41, 5.74) is 7.18. The number of pyridine rings is 1. The second-order valence-electron chi connectivity index (χ2n) is 4.64. The van der Waals surface area contributed by atoms with Crippen LogP contribution >= 0.6 is 0 Å². The van der Waals surface area contributed by atoms with Gasteiger partial charge in [-0.15, -0.1) is 0 Å². The molecule has 94 valence electrons. The first-order valence-corrected chi connectivity index (χ1v) is 6.18. The molecule has 2 atom stereocenters. The predicted octanol–water partition coefficient (Wildman–Crippen LogP) is 1.05. The minimum absolute atomic E-state index is 0.319. The lowest BCUT2D eigenvalue weighted by molar-refractivity contribution is 0.147. The third-order valence-electron chi connectivity index (χ3n) is 3.47. The Hall–Kier alpha value is -0.970. The van der Waals surface area contributed by atoms with Crippen LogP contribution in [0, 0.1) is 5.92 Å². The summed E-state index contributed by atoms with van der Waals surface area (Å²) in [5, 5.41) is 0. The molecule has 0 saturated carbocycles. The van der Waals surface area contributed by atoms with Gasteiger partial charge in [0.25, 0.3) is 0 Å². The van der Waals surface area contributed by atoms with Crippen molar-refractivity contribution in [3.05, 3.63) is 30.1 Å². The average molecular weight is 235 g/mol. The first-order chi connectivity index (χ1) is 8.35. The quantitative estimate of drug-likeness (QED) is 0.829. The van der Waals surface area contributed by atoms with Crippen LogP contribution in [0.15, 0.2) is 24.5 Å². The van der Waals surface area contributed by atoms with Gasteiger partial charge in [-0.3, -0.25) is 9.88 Å². The number of likely N-dealkylation sites (tertiary alicyclic amines) is 1. The van der Waals surface area contributed by atoms with Gasteiger partial charge < -0.3 is 10.5 Å². The Kier molecular flexibility index (Phi) is 4.48. The van der Waals surface area contributed by atoms with Crippen LogP contribution in [0.5, 0.6) is 0 Å². The van der Waals surface area contributed by atoms with E-state index in [0.717, 1.165) is 19.7 Å². The molecule has 1 aliphatic rings. The van der Waals surface area contributed by atoms with Gasteiger partial charge in [0.2, 0.25) is 0 Å². The fourth-order valence-corrected chi connectivity index (χ4v) is 2.60. The van der Waals surface area contributed by atoms with Gasteiger partial charge in [-0.25, -0.2) is 0 Å².